The summed E-state index contributed by atoms with van der Waals surface area (Å²) in [5, 5.41) is 1.83. The zero-order valence-corrected chi connectivity index (χ0v) is 13.2. The highest BCUT2D eigenvalue weighted by Gasteiger charge is 2.17. The zero-order chi connectivity index (χ0) is 14.7. The van der Waals surface area contributed by atoms with Gasteiger partial charge in [-0.3, -0.25) is 0 Å². The van der Waals surface area contributed by atoms with E-state index in [1.165, 1.54) is 11.1 Å². The minimum absolute atomic E-state index is 0.176. The van der Waals surface area contributed by atoms with Crippen molar-refractivity contribution in [2.45, 2.75) is 5.38 Å². The lowest BCUT2D eigenvalue weighted by Crippen LogP contribution is -1.93. The van der Waals surface area contributed by atoms with Crippen LogP contribution in [0.2, 0.25) is 0 Å². The molecule has 0 aliphatic heterocycles. The molecule has 0 saturated carbocycles. The van der Waals surface area contributed by atoms with Gasteiger partial charge in [-0.15, -0.1) is 22.9 Å². The van der Waals surface area contributed by atoms with Gasteiger partial charge in [-0.2, -0.15) is 0 Å². The molecule has 0 fully saturated rings. The van der Waals surface area contributed by atoms with E-state index in [9.17, 15) is 0 Å². The van der Waals surface area contributed by atoms with Crippen LogP contribution in [-0.2, 0) is 0 Å². The Morgan fingerprint density at radius 2 is 1.57 bits per heavy atom. The summed E-state index contributed by atoms with van der Waals surface area (Å²) in [4.78, 5) is 1.05. The fourth-order valence-electron chi connectivity index (χ4n) is 2.29. The van der Waals surface area contributed by atoms with E-state index in [1.807, 2.05) is 29.6 Å². The summed E-state index contributed by atoms with van der Waals surface area (Å²) >= 11 is 8.21. The third-order valence-corrected chi connectivity index (χ3v) is 4.98. The maximum atomic E-state index is 6.59. The first-order valence-corrected chi connectivity index (χ1v) is 8.02. The second-order valence-electron chi connectivity index (χ2n) is 4.70. The molecule has 1 heterocycles. The molecule has 1 atom stereocenters. The molecule has 2 aromatic carbocycles. The van der Waals surface area contributed by atoms with Crippen molar-refractivity contribution >= 4 is 22.9 Å². The fraction of sp³-hybridized carbons (Fsp3) is 0.111. The topological polar surface area (TPSA) is 9.23 Å². The molecule has 1 unspecified atom stereocenters. The summed E-state index contributed by atoms with van der Waals surface area (Å²) < 4.78 is 5.35. The number of hydrogen-bond donors (Lipinski definition) is 0. The number of thiophene rings is 1. The maximum absolute atomic E-state index is 6.59. The predicted octanol–water partition coefficient (Wildman–Crippen LogP) is 5.75. The predicted molar refractivity (Wildman–Crippen MR) is 90.4 cm³/mol. The molecule has 0 aliphatic carbocycles. The average molecular weight is 315 g/mol. The molecular weight excluding hydrogens is 300 g/mol. The molecule has 1 nitrogen and oxygen atoms in total. The number of alkyl halides is 1. The molecule has 1 aromatic heterocycles. The van der Waals surface area contributed by atoms with Crippen LogP contribution in [0.25, 0.3) is 11.1 Å². The number of hydrogen-bond acceptors (Lipinski definition) is 2. The monoisotopic (exact) mass is 314 g/mol. The van der Waals surface area contributed by atoms with Gasteiger partial charge in [-0.05, 0) is 28.1 Å². The number of halogens is 1. The standard InChI is InChI=1S/C18H15ClOS/c1-20-16-11-12-21-18(16)17(19)15-9-7-14(8-10-15)13-5-3-2-4-6-13/h2-12,17H,1H3. The summed E-state index contributed by atoms with van der Waals surface area (Å²) in [5.41, 5.74) is 3.49. The summed E-state index contributed by atoms with van der Waals surface area (Å²) in [7, 11) is 1.67. The zero-order valence-electron chi connectivity index (χ0n) is 11.6. The molecule has 106 valence electrons. The van der Waals surface area contributed by atoms with Gasteiger partial charge in [0.1, 0.15) is 5.75 Å². The van der Waals surface area contributed by atoms with Crippen LogP contribution in [0.5, 0.6) is 5.75 Å². The molecule has 0 amide bonds. The van der Waals surface area contributed by atoms with E-state index < -0.39 is 0 Å². The van der Waals surface area contributed by atoms with Crippen LogP contribution < -0.4 is 4.74 Å². The Kier molecular flexibility index (Phi) is 4.28. The highest BCUT2D eigenvalue weighted by molar-refractivity contribution is 7.10. The summed E-state index contributed by atoms with van der Waals surface area (Å²) in [5.74, 6) is 0.854. The Balaban J connectivity index is 1.87. The Hall–Kier alpha value is -1.77. The van der Waals surface area contributed by atoms with Gasteiger partial charge in [0.25, 0.3) is 0 Å². The molecular formula is C18H15ClOS. The fourth-order valence-corrected chi connectivity index (χ4v) is 3.56. The minimum Gasteiger partial charge on any atom is -0.496 e. The number of ether oxygens (including phenoxy) is 1. The van der Waals surface area contributed by atoms with Gasteiger partial charge in [0.2, 0.25) is 0 Å². The number of benzene rings is 2. The van der Waals surface area contributed by atoms with Gasteiger partial charge in [-0.1, -0.05) is 54.6 Å². The molecule has 3 heteroatoms. The average Bonchev–Trinajstić information content (AvgIpc) is 3.04. The van der Waals surface area contributed by atoms with Gasteiger partial charge in [-0.25, -0.2) is 0 Å². The molecule has 0 radical (unpaired) electrons. The molecule has 21 heavy (non-hydrogen) atoms. The van der Waals surface area contributed by atoms with Crippen LogP contribution in [0.1, 0.15) is 15.8 Å². The molecule has 0 aliphatic rings. The van der Waals surface area contributed by atoms with Gasteiger partial charge < -0.3 is 4.74 Å². The van der Waals surface area contributed by atoms with Crippen molar-refractivity contribution in [2.75, 3.05) is 7.11 Å². The van der Waals surface area contributed by atoms with E-state index >= 15 is 0 Å². The normalized spacial score (nSPS) is 12.1. The Labute approximate surface area is 133 Å². The Morgan fingerprint density at radius 1 is 0.905 bits per heavy atom. The van der Waals surface area contributed by atoms with Crippen LogP contribution in [-0.4, -0.2) is 7.11 Å². The van der Waals surface area contributed by atoms with Crippen LogP contribution in [0.15, 0.2) is 66.0 Å². The lowest BCUT2D eigenvalue weighted by atomic mass is 10.0. The summed E-state index contributed by atoms with van der Waals surface area (Å²) in [6.07, 6.45) is 0. The first-order valence-electron chi connectivity index (χ1n) is 6.70. The van der Waals surface area contributed by atoms with E-state index in [0.29, 0.717) is 0 Å². The summed E-state index contributed by atoms with van der Waals surface area (Å²) in [6, 6.07) is 20.7. The van der Waals surface area contributed by atoms with Crippen molar-refractivity contribution in [3.05, 3.63) is 76.5 Å². The third kappa shape index (κ3) is 2.97. The van der Waals surface area contributed by atoms with Gasteiger partial charge in [0, 0.05) is 0 Å². The SMILES string of the molecule is COc1ccsc1C(Cl)c1ccc(-c2ccccc2)cc1. The first kappa shape index (κ1) is 14.2. The molecule has 0 spiro atoms. The highest BCUT2D eigenvalue weighted by Crippen LogP contribution is 2.39. The lowest BCUT2D eigenvalue weighted by molar-refractivity contribution is 0.413. The van der Waals surface area contributed by atoms with Crippen LogP contribution >= 0.6 is 22.9 Å². The van der Waals surface area contributed by atoms with E-state index in [2.05, 4.69) is 36.4 Å². The van der Waals surface area contributed by atoms with Crippen molar-refractivity contribution in [1.29, 1.82) is 0 Å². The smallest absolute Gasteiger partial charge is 0.134 e. The van der Waals surface area contributed by atoms with Crippen molar-refractivity contribution in [3.63, 3.8) is 0 Å². The second-order valence-corrected chi connectivity index (χ2v) is 6.09. The van der Waals surface area contributed by atoms with E-state index in [4.69, 9.17) is 16.3 Å². The maximum Gasteiger partial charge on any atom is 0.134 e. The van der Waals surface area contributed by atoms with Gasteiger partial charge >= 0.3 is 0 Å². The van der Waals surface area contributed by atoms with Gasteiger partial charge in [0.15, 0.2) is 0 Å². The third-order valence-electron chi connectivity index (χ3n) is 3.42. The second kappa shape index (κ2) is 6.33. The Bertz CT molecular complexity index is 704. The highest BCUT2D eigenvalue weighted by atomic mass is 35.5. The quantitative estimate of drug-likeness (QED) is 0.557. The van der Waals surface area contributed by atoms with E-state index in [1.54, 1.807) is 18.4 Å². The largest absolute Gasteiger partial charge is 0.496 e. The molecule has 0 bridgehead atoms. The van der Waals surface area contributed by atoms with E-state index in [-0.39, 0.29) is 5.38 Å². The van der Waals surface area contributed by atoms with Crippen molar-refractivity contribution < 1.29 is 4.74 Å². The summed E-state index contributed by atoms with van der Waals surface area (Å²) in [6.45, 7) is 0. The van der Waals surface area contributed by atoms with Crippen molar-refractivity contribution in [2.24, 2.45) is 0 Å². The van der Waals surface area contributed by atoms with Crippen molar-refractivity contribution in [3.8, 4) is 16.9 Å². The van der Waals surface area contributed by atoms with Crippen LogP contribution in [0.3, 0.4) is 0 Å². The Morgan fingerprint density at radius 3 is 2.24 bits per heavy atom. The number of methoxy groups -OCH3 is 1. The van der Waals surface area contributed by atoms with Crippen LogP contribution in [0.4, 0.5) is 0 Å². The molecule has 3 aromatic rings. The van der Waals surface area contributed by atoms with Crippen molar-refractivity contribution in [1.82, 2.24) is 0 Å². The molecule has 0 saturated heterocycles. The van der Waals surface area contributed by atoms with Gasteiger partial charge in [0.05, 0.1) is 17.4 Å². The number of rotatable bonds is 4. The first-order chi connectivity index (χ1) is 10.3. The lowest BCUT2D eigenvalue weighted by Gasteiger charge is -2.11. The van der Waals surface area contributed by atoms with E-state index in [0.717, 1.165) is 16.2 Å². The van der Waals surface area contributed by atoms with Crippen LogP contribution in [0, 0.1) is 0 Å². The molecule has 3 rings (SSSR count). The molecule has 0 N–H and O–H groups in total. The minimum atomic E-state index is -0.176.